The number of aryl methyl sites for hydroxylation is 1. The number of ketones is 1. The largest absolute Gasteiger partial charge is 0.421 e. The van der Waals surface area contributed by atoms with Crippen LogP contribution in [0.15, 0.2) is 72.5 Å². The fourth-order valence-electron chi connectivity index (χ4n) is 5.09. The summed E-state index contributed by atoms with van der Waals surface area (Å²) in [6.07, 6.45) is 3.14. The standard InChI is InChI=1S/C29H24ClFO3S/c1-2-17-8-9-18(23-13-12-21(30)16-25(23)31)15-24(17)26-27(32)19-10-11-20(14-19)28(26)34-29(35)33-22-6-4-3-5-7-22/h3-9,12-13,15-16,19-20H,2,10-11,14H2,1H3/t19-,20-/m0/s1. The Hall–Kier alpha value is -3.02. The third-order valence-corrected chi connectivity index (χ3v) is 7.21. The lowest BCUT2D eigenvalue weighted by Gasteiger charge is -2.27. The first-order valence-corrected chi connectivity index (χ1v) is 12.5. The Morgan fingerprint density at radius 3 is 2.51 bits per heavy atom. The lowest BCUT2D eigenvalue weighted by Crippen LogP contribution is -2.25. The van der Waals surface area contributed by atoms with Crippen molar-refractivity contribution in [1.82, 2.24) is 0 Å². The third kappa shape index (κ3) is 4.75. The van der Waals surface area contributed by atoms with Gasteiger partial charge >= 0.3 is 5.24 Å². The van der Waals surface area contributed by atoms with E-state index in [1.165, 1.54) is 6.07 Å². The van der Waals surface area contributed by atoms with E-state index in [0.717, 1.165) is 30.4 Å². The molecule has 0 aromatic heterocycles. The van der Waals surface area contributed by atoms with Gasteiger partial charge in [0.2, 0.25) is 0 Å². The molecule has 0 aliphatic heterocycles. The van der Waals surface area contributed by atoms with Crippen LogP contribution in [-0.2, 0) is 16.0 Å². The van der Waals surface area contributed by atoms with Crippen molar-refractivity contribution in [2.45, 2.75) is 32.6 Å². The van der Waals surface area contributed by atoms with Gasteiger partial charge in [0, 0.05) is 34.6 Å². The van der Waals surface area contributed by atoms with Gasteiger partial charge in [0.15, 0.2) is 5.78 Å². The van der Waals surface area contributed by atoms with Gasteiger partial charge in [-0.25, -0.2) is 4.39 Å². The van der Waals surface area contributed by atoms with Crippen molar-refractivity contribution in [3.05, 3.63) is 94.5 Å². The average molecular weight is 507 g/mol. The normalized spacial score (nSPS) is 19.1. The maximum Gasteiger partial charge on any atom is 0.363 e. The molecule has 6 heteroatoms. The van der Waals surface area contributed by atoms with Gasteiger partial charge < -0.3 is 9.47 Å². The van der Waals surface area contributed by atoms with Crippen LogP contribution < -0.4 is 4.74 Å². The molecule has 2 aliphatic rings. The van der Waals surface area contributed by atoms with Gasteiger partial charge in [0.25, 0.3) is 0 Å². The average Bonchev–Trinajstić information content (AvgIpc) is 3.30. The van der Waals surface area contributed by atoms with Crippen molar-refractivity contribution in [2.24, 2.45) is 11.8 Å². The quantitative estimate of drug-likeness (QED) is 0.331. The summed E-state index contributed by atoms with van der Waals surface area (Å²) in [7, 11) is 0. The Bertz CT molecular complexity index is 1340. The summed E-state index contributed by atoms with van der Waals surface area (Å²) in [5, 5.41) is 0.292. The molecule has 0 amide bonds. The van der Waals surface area contributed by atoms with E-state index in [0.29, 0.717) is 39.7 Å². The monoisotopic (exact) mass is 506 g/mol. The summed E-state index contributed by atoms with van der Waals surface area (Å²) in [4.78, 5) is 13.6. The third-order valence-electron chi connectivity index (χ3n) is 6.81. The van der Waals surface area contributed by atoms with E-state index >= 15 is 0 Å². The van der Waals surface area contributed by atoms with Crippen LogP contribution in [0.5, 0.6) is 5.75 Å². The Morgan fingerprint density at radius 1 is 1.00 bits per heavy atom. The van der Waals surface area contributed by atoms with E-state index in [1.54, 1.807) is 24.3 Å². The van der Waals surface area contributed by atoms with Crippen LogP contribution in [0.25, 0.3) is 16.7 Å². The molecule has 5 rings (SSSR count). The molecule has 2 bridgehead atoms. The van der Waals surface area contributed by atoms with Crippen molar-refractivity contribution in [3.8, 4) is 16.9 Å². The van der Waals surface area contributed by atoms with Crippen molar-refractivity contribution >= 4 is 40.4 Å². The summed E-state index contributed by atoms with van der Waals surface area (Å²) in [6, 6.07) is 19.5. The van der Waals surface area contributed by atoms with E-state index in [-0.39, 0.29) is 22.9 Å². The van der Waals surface area contributed by atoms with Crippen LogP contribution in [0.3, 0.4) is 0 Å². The van der Waals surface area contributed by atoms with Crippen LogP contribution in [-0.4, -0.2) is 11.0 Å². The number of halogens is 2. The van der Waals surface area contributed by atoms with Crippen LogP contribution in [0.1, 0.15) is 37.3 Å². The highest BCUT2D eigenvalue weighted by Gasteiger charge is 2.43. The van der Waals surface area contributed by atoms with Gasteiger partial charge in [-0.1, -0.05) is 48.9 Å². The summed E-state index contributed by atoms with van der Waals surface area (Å²) >= 11 is 11.4. The van der Waals surface area contributed by atoms with Crippen molar-refractivity contribution in [1.29, 1.82) is 0 Å². The predicted molar refractivity (Wildman–Crippen MR) is 140 cm³/mol. The highest BCUT2D eigenvalue weighted by atomic mass is 35.5. The van der Waals surface area contributed by atoms with E-state index in [9.17, 15) is 9.18 Å². The number of Topliss-reactive ketones (excluding diaryl/α,β-unsaturated/α-hetero) is 1. The topological polar surface area (TPSA) is 35.5 Å². The number of fused-ring (bicyclic) bond motifs is 2. The van der Waals surface area contributed by atoms with E-state index in [1.807, 2.05) is 43.3 Å². The number of allylic oxidation sites excluding steroid dienone is 2. The Labute approximate surface area is 214 Å². The van der Waals surface area contributed by atoms with Gasteiger partial charge in [-0.3, -0.25) is 4.79 Å². The lowest BCUT2D eigenvalue weighted by atomic mass is 9.81. The Balaban J connectivity index is 1.59. The van der Waals surface area contributed by atoms with Gasteiger partial charge in [-0.05, 0) is 78.8 Å². The number of benzene rings is 3. The molecule has 0 heterocycles. The van der Waals surface area contributed by atoms with Gasteiger partial charge in [0.05, 0.1) is 5.57 Å². The fourth-order valence-corrected chi connectivity index (χ4v) is 5.44. The molecule has 0 N–H and O–H groups in total. The molecule has 1 saturated carbocycles. The van der Waals surface area contributed by atoms with Crippen LogP contribution in [0.4, 0.5) is 4.39 Å². The number of para-hydroxylation sites is 1. The number of carbonyl (C=O) groups excluding carboxylic acids is 1. The Kier molecular flexibility index (Phi) is 6.72. The SMILES string of the molecule is CCc1ccc(-c2ccc(Cl)cc2F)cc1C1=C(OC(=S)Oc2ccccc2)[C@H]2CC[C@@H](C2)C1=O. The second-order valence-electron chi connectivity index (χ2n) is 8.93. The first-order chi connectivity index (χ1) is 16.9. The number of hydrogen-bond acceptors (Lipinski definition) is 4. The molecular formula is C29H24ClFO3S. The molecular weight excluding hydrogens is 483 g/mol. The van der Waals surface area contributed by atoms with Crippen molar-refractivity contribution in [2.75, 3.05) is 0 Å². The molecule has 1 fully saturated rings. The maximum atomic E-state index is 14.7. The number of carbonyl (C=O) groups is 1. The van der Waals surface area contributed by atoms with Crippen LogP contribution in [0, 0.1) is 17.7 Å². The zero-order chi connectivity index (χ0) is 24.5. The molecule has 3 aromatic carbocycles. The highest BCUT2D eigenvalue weighted by Crippen LogP contribution is 2.48. The molecule has 3 aromatic rings. The molecule has 0 saturated heterocycles. The molecule has 0 radical (unpaired) electrons. The zero-order valence-corrected chi connectivity index (χ0v) is 20.8. The molecule has 2 aliphatic carbocycles. The molecule has 35 heavy (non-hydrogen) atoms. The van der Waals surface area contributed by atoms with Gasteiger partial charge in [-0.2, -0.15) is 0 Å². The maximum absolute atomic E-state index is 14.7. The van der Waals surface area contributed by atoms with E-state index in [2.05, 4.69) is 0 Å². The minimum atomic E-state index is -0.411. The first-order valence-electron chi connectivity index (χ1n) is 11.8. The van der Waals surface area contributed by atoms with E-state index < -0.39 is 5.82 Å². The summed E-state index contributed by atoms with van der Waals surface area (Å²) < 4.78 is 26.6. The number of ether oxygens (including phenoxy) is 2. The Morgan fingerprint density at radius 2 is 1.77 bits per heavy atom. The van der Waals surface area contributed by atoms with Crippen LogP contribution in [0.2, 0.25) is 5.02 Å². The minimum absolute atomic E-state index is 0.0356. The summed E-state index contributed by atoms with van der Waals surface area (Å²) in [6.45, 7) is 2.04. The number of hydrogen-bond donors (Lipinski definition) is 0. The summed E-state index contributed by atoms with van der Waals surface area (Å²) in [5.41, 5.74) is 3.39. The number of rotatable bonds is 5. The second-order valence-corrected chi connectivity index (χ2v) is 9.70. The van der Waals surface area contributed by atoms with Crippen LogP contribution >= 0.6 is 23.8 Å². The fraction of sp³-hybridized carbons (Fsp3) is 0.241. The number of thiocarbonyl (C=S) groups is 1. The second kappa shape index (κ2) is 9.92. The van der Waals surface area contributed by atoms with E-state index in [4.69, 9.17) is 33.3 Å². The molecule has 2 atom stereocenters. The van der Waals surface area contributed by atoms with Crippen molar-refractivity contribution in [3.63, 3.8) is 0 Å². The predicted octanol–water partition coefficient (Wildman–Crippen LogP) is 7.80. The first kappa shape index (κ1) is 23.7. The van der Waals surface area contributed by atoms with Gasteiger partial charge in [-0.15, -0.1) is 0 Å². The zero-order valence-electron chi connectivity index (χ0n) is 19.2. The smallest absolute Gasteiger partial charge is 0.363 e. The summed E-state index contributed by atoms with van der Waals surface area (Å²) in [5.74, 6) is 0.830. The molecule has 0 spiro atoms. The highest BCUT2D eigenvalue weighted by molar-refractivity contribution is 7.79. The molecule has 3 nitrogen and oxygen atoms in total. The minimum Gasteiger partial charge on any atom is -0.421 e. The van der Waals surface area contributed by atoms with Crippen molar-refractivity contribution < 1.29 is 18.7 Å². The molecule has 0 unspecified atom stereocenters. The molecule has 178 valence electrons. The van der Waals surface area contributed by atoms with Gasteiger partial charge in [0.1, 0.15) is 17.3 Å². The lowest BCUT2D eigenvalue weighted by molar-refractivity contribution is -0.117.